The Balaban J connectivity index is 3.41. The van der Waals surface area contributed by atoms with Gasteiger partial charge in [0.15, 0.2) is 0 Å². The summed E-state index contributed by atoms with van der Waals surface area (Å²) in [5.41, 5.74) is 0. The van der Waals surface area contributed by atoms with Gasteiger partial charge in [0.1, 0.15) is 6.29 Å². The summed E-state index contributed by atoms with van der Waals surface area (Å²) in [6.45, 7) is 12.2. The summed E-state index contributed by atoms with van der Waals surface area (Å²) < 4.78 is 0. The molecule has 1 aliphatic heterocycles. The number of rotatable bonds is 5. The number of carboxylic acid groups (broad SMARTS) is 1. The highest BCUT2D eigenvalue weighted by atomic mass is 28.3. The summed E-state index contributed by atoms with van der Waals surface area (Å²) >= 11 is 0. The maximum Gasteiger partial charge on any atom is 0.308 e. The molecular weight excluding hydrogens is 274 g/mol. The Kier molecular flexibility index (Phi) is 4.21. The van der Waals surface area contributed by atoms with Gasteiger partial charge >= 0.3 is 5.97 Å². The summed E-state index contributed by atoms with van der Waals surface area (Å²) in [6, 6.07) is 0. The molecule has 0 aromatic rings. The van der Waals surface area contributed by atoms with Crippen molar-refractivity contribution in [2.24, 2.45) is 5.92 Å². The minimum Gasteiger partial charge on any atom is -0.481 e. The van der Waals surface area contributed by atoms with Crippen molar-refractivity contribution in [3.63, 3.8) is 0 Å². The Hall–Kier alpha value is -1.17. The van der Waals surface area contributed by atoms with E-state index in [1.54, 1.807) is 6.92 Å². The Morgan fingerprint density at radius 3 is 2.30 bits per heavy atom. The quantitative estimate of drug-likeness (QED) is 0.478. The van der Waals surface area contributed by atoms with Crippen molar-refractivity contribution in [3.05, 3.63) is 0 Å². The first kappa shape index (κ1) is 16.9. The SMILES string of the molecule is CC(C(=O)O)C1([Si](C)(C)C(C)(C)C)CC(=O)N1CC=O. The molecule has 1 amide bonds. The van der Waals surface area contributed by atoms with Crippen LogP contribution in [0.15, 0.2) is 0 Å². The molecule has 1 aliphatic rings. The van der Waals surface area contributed by atoms with Crippen LogP contribution in [-0.4, -0.2) is 47.9 Å². The van der Waals surface area contributed by atoms with E-state index < -0.39 is 25.1 Å². The molecule has 1 rings (SSSR count). The van der Waals surface area contributed by atoms with Crippen LogP contribution in [-0.2, 0) is 14.4 Å². The van der Waals surface area contributed by atoms with Gasteiger partial charge in [-0.15, -0.1) is 0 Å². The molecule has 1 saturated heterocycles. The minimum absolute atomic E-state index is 0.0109. The zero-order valence-corrected chi connectivity index (χ0v) is 14.2. The van der Waals surface area contributed by atoms with Crippen molar-refractivity contribution in [2.45, 2.75) is 57.4 Å². The first-order chi connectivity index (χ1) is 8.93. The number of nitrogens with zero attached hydrogens (tertiary/aromatic N) is 1. The van der Waals surface area contributed by atoms with Crippen LogP contribution in [0.1, 0.15) is 34.1 Å². The second kappa shape index (κ2) is 4.98. The minimum atomic E-state index is -2.17. The van der Waals surface area contributed by atoms with Gasteiger partial charge in [0.2, 0.25) is 5.91 Å². The molecular formula is C14H25NO4Si. The topological polar surface area (TPSA) is 74.7 Å². The van der Waals surface area contributed by atoms with E-state index >= 15 is 0 Å². The Labute approximate surface area is 121 Å². The number of carbonyl (C=O) groups is 3. The second-order valence-corrected chi connectivity index (χ2v) is 12.8. The van der Waals surface area contributed by atoms with Crippen LogP contribution in [0.4, 0.5) is 0 Å². The molecule has 0 bridgehead atoms. The molecule has 0 spiro atoms. The summed E-state index contributed by atoms with van der Waals surface area (Å²) in [7, 11) is -2.17. The van der Waals surface area contributed by atoms with Crippen LogP contribution >= 0.6 is 0 Å². The van der Waals surface area contributed by atoms with E-state index in [2.05, 4.69) is 33.9 Å². The molecule has 20 heavy (non-hydrogen) atoms. The lowest BCUT2D eigenvalue weighted by Gasteiger charge is -2.64. The van der Waals surface area contributed by atoms with Crippen LogP contribution in [0.5, 0.6) is 0 Å². The van der Waals surface area contributed by atoms with Crippen LogP contribution in [0.2, 0.25) is 18.1 Å². The van der Waals surface area contributed by atoms with Crippen molar-refractivity contribution in [2.75, 3.05) is 6.54 Å². The lowest BCUT2D eigenvalue weighted by atomic mass is 9.88. The van der Waals surface area contributed by atoms with E-state index in [4.69, 9.17) is 0 Å². The standard InChI is InChI=1S/C14H25NO4Si/c1-10(12(18)19)14(20(5,6)13(2,3)4)9-11(17)15(14)7-8-16/h8,10H,7,9H2,1-6H3,(H,18,19). The number of carbonyl (C=O) groups excluding carboxylic acids is 2. The van der Waals surface area contributed by atoms with E-state index in [0.717, 1.165) is 0 Å². The van der Waals surface area contributed by atoms with Gasteiger partial charge in [-0.05, 0) is 12.0 Å². The summed E-state index contributed by atoms with van der Waals surface area (Å²) in [4.78, 5) is 35.9. The van der Waals surface area contributed by atoms with Gasteiger partial charge in [-0.3, -0.25) is 9.59 Å². The average Bonchev–Trinajstić information content (AvgIpc) is 2.29. The fraction of sp³-hybridized carbons (Fsp3) is 0.786. The Morgan fingerprint density at radius 2 is 2.00 bits per heavy atom. The number of aldehydes is 1. The normalized spacial score (nSPS) is 25.1. The molecule has 0 aromatic carbocycles. The maximum atomic E-state index is 11.9. The van der Waals surface area contributed by atoms with Crippen molar-refractivity contribution < 1.29 is 19.5 Å². The Bertz CT molecular complexity index is 441. The molecule has 0 radical (unpaired) electrons. The number of amides is 1. The van der Waals surface area contributed by atoms with Gasteiger partial charge in [-0.25, -0.2) is 0 Å². The van der Waals surface area contributed by atoms with Crippen LogP contribution in [0.25, 0.3) is 0 Å². The van der Waals surface area contributed by atoms with Gasteiger partial charge in [0.05, 0.1) is 25.7 Å². The third-order valence-electron chi connectivity index (χ3n) is 5.50. The van der Waals surface area contributed by atoms with E-state index in [0.29, 0.717) is 6.29 Å². The predicted octanol–water partition coefficient (Wildman–Crippen LogP) is 1.92. The highest BCUT2D eigenvalue weighted by Gasteiger charge is 2.67. The van der Waals surface area contributed by atoms with Crippen LogP contribution < -0.4 is 0 Å². The highest BCUT2D eigenvalue weighted by molar-refractivity contribution is 6.84. The van der Waals surface area contributed by atoms with E-state index in [1.807, 2.05) is 0 Å². The van der Waals surface area contributed by atoms with Crippen molar-refractivity contribution >= 4 is 26.2 Å². The molecule has 2 atom stereocenters. The molecule has 2 unspecified atom stereocenters. The fourth-order valence-corrected chi connectivity index (χ4v) is 7.22. The number of likely N-dealkylation sites (tertiary alicyclic amines) is 1. The summed E-state index contributed by atoms with van der Waals surface area (Å²) in [6.07, 6.45) is 0.929. The van der Waals surface area contributed by atoms with Crippen molar-refractivity contribution in [1.82, 2.24) is 4.90 Å². The molecule has 1 N–H and O–H groups in total. The molecule has 1 fully saturated rings. The lowest BCUT2D eigenvalue weighted by molar-refractivity contribution is -0.162. The zero-order chi connectivity index (χ0) is 15.9. The van der Waals surface area contributed by atoms with Gasteiger partial charge in [0.25, 0.3) is 0 Å². The van der Waals surface area contributed by atoms with E-state index in [-0.39, 0.29) is 23.9 Å². The number of carboxylic acids is 1. The largest absolute Gasteiger partial charge is 0.481 e. The first-order valence-corrected chi connectivity index (χ1v) is 9.90. The molecule has 114 valence electrons. The fourth-order valence-electron chi connectivity index (χ4n) is 3.23. The number of aliphatic carboxylic acids is 1. The van der Waals surface area contributed by atoms with Gasteiger partial charge in [-0.1, -0.05) is 33.9 Å². The van der Waals surface area contributed by atoms with Gasteiger partial charge < -0.3 is 14.8 Å². The van der Waals surface area contributed by atoms with Crippen LogP contribution in [0, 0.1) is 5.92 Å². The van der Waals surface area contributed by atoms with Crippen LogP contribution in [0.3, 0.4) is 0 Å². The lowest BCUT2D eigenvalue weighted by Crippen LogP contribution is -2.80. The molecule has 0 saturated carbocycles. The summed E-state index contributed by atoms with van der Waals surface area (Å²) in [5.74, 6) is -1.69. The molecule has 1 heterocycles. The first-order valence-electron chi connectivity index (χ1n) is 6.90. The van der Waals surface area contributed by atoms with Gasteiger partial charge in [-0.2, -0.15) is 0 Å². The second-order valence-electron chi connectivity index (χ2n) is 7.21. The number of hydrogen-bond acceptors (Lipinski definition) is 3. The predicted molar refractivity (Wildman–Crippen MR) is 79.1 cm³/mol. The maximum absolute atomic E-state index is 11.9. The highest BCUT2D eigenvalue weighted by Crippen LogP contribution is 2.54. The molecule has 5 nitrogen and oxygen atoms in total. The van der Waals surface area contributed by atoms with Crippen molar-refractivity contribution in [3.8, 4) is 0 Å². The summed E-state index contributed by atoms with van der Waals surface area (Å²) in [5, 5.41) is 8.72. The average molecular weight is 299 g/mol. The van der Waals surface area contributed by atoms with E-state index in [9.17, 15) is 19.5 Å². The zero-order valence-electron chi connectivity index (χ0n) is 13.2. The number of β-lactam (4-membered cyclic amide) rings is 1. The smallest absolute Gasteiger partial charge is 0.308 e. The number of hydrogen-bond donors (Lipinski definition) is 1. The molecule has 0 aliphatic carbocycles. The molecule has 6 heteroatoms. The molecule has 0 aromatic heterocycles. The van der Waals surface area contributed by atoms with E-state index in [1.165, 1.54) is 4.90 Å². The van der Waals surface area contributed by atoms with Gasteiger partial charge in [0, 0.05) is 6.42 Å². The monoisotopic (exact) mass is 299 g/mol. The Morgan fingerprint density at radius 1 is 1.50 bits per heavy atom. The third-order valence-corrected chi connectivity index (χ3v) is 12.3. The third kappa shape index (κ3) is 2.10. The van der Waals surface area contributed by atoms with Crippen molar-refractivity contribution in [1.29, 1.82) is 0 Å².